The topological polar surface area (TPSA) is 67.8 Å². The molecule has 2 rings (SSSR count). The second kappa shape index (κ2) is 6.06. The lowest BCUT2D eigenvalue weighted by Gasteiger charge is -2.00. The first-order valence-electron chi connectivity index (χ1n) is 5.54. The Kier molecular flexibility index (Phi) is 4.20. The Morgan fingerprint density at radius 2 is 1.89 bits per heavy atom. The van der Waals surface area contributed by atoms with Gasteiger partial charge in [0, 0.05) is 5.02 Å². The summed E-state index contributed by atoms with van der Waals surface area (Å²) in [6.07, 6.45) is 4.21. The molecule has 6 heteroatoms. The van der Waals surface area contributed by atoms with Gasteiger partial charge in [-0.15, -0.1) is 10.2 Å². The Balaban J connectivity index is 2.24. The maximum Gasteiger partial charge on any atom is 0.249 e. The van der Waals surface area contributed by atoms with Crippen LogP contribution in [0.1, 0.15) is 17.0 Å². The molecule has 0 aliphatic carbocycles. The third-order valence-electron chi connectivity index (χ3n) is 2.38. The molecule has 19 heavy (non-hydrogen) atoms. The van der Waals surface area contributed by atoms with E-state index in [4.69, 9.17) is 11.6 Å². The van der Waals surface area contributed by atoms with Crippen molar-refractivity contribution >= 4 is 36.1 Å². The Labute approximate surface area is 115 Å². The van der Waals surface area contributed by atoms with Crippen molar-refractivity contribution in [1.29, 1.82) is 0 Å². The van der Waals surface area contributed by atoms with Crippen molar-refractivity contribution in [2.75, 3.05) is 5.32 Å². The van der Waals surface area contributed by atoms with Crippen molar-refractivity contribution in [3.05, 3.63) is 46.2 Å². The van der Waals surface area contributed by atoms with Crippen LogP contribution in [0.4, 0.5) is 5.95 Å². The normalized spacial score (nSPS) is 10.6. The molecule has 0 bridgehead atoms. The minimum atomic E-state index is 0.177. The maximum absolute atomic E-state index is 10.3. The van der Waals surface area contributed by atoms with Crippen molar-refractivity contribution in [1.82, 2.24) is 15.2 Å². The first-order valence-corrected chi connectivity index (χ1v) is 5.92. The van der Waals surface area contributed by atoms with E-state index < -0.39 is 0 Å². The fraction of sp³-hybridized carbons (Fsp3) is 0.0769. The molecular formula is C13H11ClN4O. The van der Waals surface area contributed by atoms with Crippen LogP contribution in [0.5, 0.6) is 0 Å². The molecule has 1 aromatic heterocycles. The summed E-state index contributed by atoms with van der Waals surface area (Å²) >= 11 is 5.81. The van der Waals surface area contributed by atoms with Gasteiger partial charge in [-0.3, -0.25) is 10.1 Å². The molecule has 2 aromatic rings. The molecule has 0 aliphatic rings. The summed E-state index contributed by atoms with van der Waals surface area (Å²) in [7, 11) is 0. The van der Waals surface area contributed by atoms with E-state index in [1.807, 2.05) is 36.4 Å². The van der Waals surface area contributed by atoms with Gasteiger partial charge >= 0.3 is 0 Å². The van der Waals surface area contributed by atoms with Crippen LogP contribution in [0, 0.1) is 6.92 Å². The van der Waals surface area contributed by atoms with Gasteiger partial charge in [0.05, 0.1) is 11.4 Å². The van der Waals surface area contributed by atoms with E-state index in [0.29, 0.717) is 22.8 Å². The van der Waals surface area contributed by atoms with Crippen LogP contribution in [0.2, 0.25) is 5.02 Å². The summed E-state index contributed by atoms with van der Waals surface area (Å²) in [6, 6.07) is 7.41. The van der Waals surface area contributed by atoms with E-state index in [1.54, 1.807) is 6.92 Å². The lowest BCUT2D eigenvalue weighted by Crippen LogP contribution is -2.04. The van der Waals surface area contributed by atoms with Gasteiger partial charge in [-0.05, 0) is 30.7 Å². The molecule has 1 amide bonds. The van der Waals surface area contributed by atoms with Gasteiger partial charge in [0.1, 0.15) is 0 Å². The highest BCUT2D eigenvalue weighted by Crippen LogP contribution is 2.13. The number of carbonyl (C=O) groups is 1. The first-order chi connectivity index (χ1) is 9.19. The summed E-state index contributed by atoms with van der Waals surface area (Å²) in [5.74, 6) is 0.177. The van der Waals surface area contributed by atoms with Crippen LogP contribution in [0.25, 0.3) is 12.2 Å². The smallest absolute Gasteiger partial charge is 0.249 e. The van der Waals surface area contributed by atoms with Crippen molar-refractivity contribution < 1.29 is 4.79 Å². The summed E-state index contributed by atoms with van der Waals surface area (Å²) in [6.45, 7) is 1.80. The monoisotopic (exact) mass is 274 g/mol. The maximum atomic E-state index is 10.3. The Bertz CT molecular complexity index is 611. The fourth-order valence-corrected chi connectivity index (χ4v) is 1.54. The van der Waals surface area contributed by atoms with Crippen LogP contribution in [0.15, 0.2) is 24.3 Å². The van der Waals surface area contributed by atoms with E-state index in [1.165, 1.54) is 0 Å². The molecule has 0 aliphatic heterocycles. The van der Waals surface area contributed by atoms with Crippen molar-refractivity contribution in [2.24, 2.45) is 0 Å². The summed E-state index contributed by atoms with van der Waals surface area (Å²) < 4.78 is 0. The van der Waals surface area contributed by atoms with Gasteiger partial charge < -0.3 is 0 Å². The molecule has 0 saturated carbocycles. The molecule has 1 N–H and O–H groups in total. The summed E-state index contributed by atoms with van der Waals surface area (Å²) in [4.78, 5) is 14.5. The number of nitrogens with zero attached hydrogens (tertiary/aromatic N) is 3. The van der Waals surface area contributed by atoms with E-state index in [9.17, 15) is 4.79 Å². The first kappa shape index (κ1) is 13.2. The predicted molar refractivity (Wildman–Crippen MR) is 74.6 cm³/mol. The predicted octanol–water partition coefficient (Wildman–Crippen LogP) is 2.57. The molecule has 1 heterocycles. The lowest BCUT2D eigenvalue weighted by molar-refractivity contribution is -0.105. The Morgan fingerprint density at radius 3 is 2.58 bits per heavy atom. The van der Waals surface area contributed by atoms with Crippen molar-refractivity contribution in [2.45, 2.75) is 6.92 Å². The highest BCUT2D eigenvalue weighted by atomic mass is 35.5. The van der Waals surface area contributed by atoms with Crippen molar-refractivity contribution in [3.63, 3.8) is 0 Å². The minimum absolute atomic E-state index is 0.177. The zero-order chi connectivity index (χ0) is 13.7. The number of amides is 1. The van der Waals surface area contributed by atoms with E-state index >= 15 is 0 Å². The van der Waals surface area contributed by atoms with Gasteiger partial charge in [-0.1, -0.05) is 29.8 Å². The zero-order valence-electron chi connectivity index (χ0n) is 10.2. The van der Waals surface area contributed by atoms with Crippen LogP contribution in [0.3, 0.4) is 0 Å². The molecule has 5 nitrogen and oxygen atoms in total. The molecule has 96 valence electrons. The summed E-state index contributed by atoms with van der Waals surface area (Å²) in [5.41, 5.74) is 2.32. The fourth-order valence-electron chi connectivity index (χ4n) is 1.41. The number of halogens is 1. The number of hydrogen-bond acceptors (Lipinski definition) is 4. The molecular weight excluding hydrogens is 264 g/mol. The summed E-state index contributed by atoms with van der Waals surface area (Å²) in [5, 5.41) is 10.7. The number of aromatic nitrogens is 3. The lowest BCUT2D eigenvalue weighted by atomic mass is 10.2. The largest absolute Gasteiger partial charge is 0.296 e. The van der Waals surface area contributed by atoms with Gasteiger partial charge in [0.15, 0.2) is 0 Å². The number of rotatable bonds is 4. The van der Waals surface area contributed by atoms with Crippen LogP contribution in [-0.2, 0) is 4.79 Å². The van der Waals surface area contributed by atoms with Crippen molar-refractivity contribution in [3.8, 4) is 0 Å². The average Bonchev–Trinajstić information content (AvgIpc) is 2.41. The van der Waals surface area contributed by atoms with Gasteiger partial charge in [0.2, 0.25) is 12.4 Å². The molecule has 0 fully saturated rings. The van der Waals surface area contributed by atoms with Crippen LogP contribution >= 0.6 is 11.6 Å². The van der Waals surface area contributed by atoms with E-state index in [-0.39, 0.29) is 5.95 Å². The van der Waals surface area contributed by atoms with E-state index in [0.717, 1.165) is 5.56 Å². The third-order valence-corrected chi connectivity index (χ3v) is 2.64. The van der Waals surface area contributed by atoms with Crippen LogP contribution in [-0.4, -0.2) is 21.6 Å². The molecule has 0 unspecified atom stereocenters. The minimum Gasteiger partial charge on any atom is -0.296 e. The number of benzene rings is 1. The molecule has 0 spiro atoms. The molecule has 0 radical (unpaired) electrons. The SMILES string of the molecule is Cc1nnc(NC=O)nc1/C=C/c1ccc(Cl)cc1. The number of nitrogens with one attached hydrogen (secondary N) is 1. The number of anilines is 1. The van der Waals surface area contributed by atoms with Gasteiger partial charge in [0.25, 0.3) is 0 Å². The molecule has 0 atom stereocenters. The van der Waals surface area contributed by atoms with E-state index in [2.05, 4.69) is 20.5 Å². The number of aryl methyl sites for hydroxylation is 1. The number of carbonyl (C=O) groups excluding carboxylic acids is 1. The second-order valence-corrected chi connectivity index (χ2v) is 4.19. The quantitative estimate of drug-likeness (QED) is 0.870. The number of hydrogen-bond donors (Lipinski definition) is 1. The van der Waals surface area contributed by atoms with Gasteiger partial charge in [-0.25, -0.2) is 4.98 Å². The Morgan fingerprint density at radius 1 is 1.16 bits per heavy atom. The van der Waals surface area contributed by atoms with Crippen LogP contribution < -0.4 is 5.32 Å². The third kappa shape index (κ3) is 3.59. The zero-order valence-corrected chi connectivity index (χ0v) is 10.9. The highest BCUT2D eigenvalue weighted by molar-refractivity contribution is 6.30. The average molecular weight is 275 g/mol. The Hall–Kier alpha value is -2.27. The highest BCUT2D eigenvalue weighted by Gasteiger charge is 2.01. The standard InChI is InChI=1S/C13H11ClN4O/c1-9-12(16-13(15-8-19)18-17-9)7-4-10-2-5-11(14)6-3-10/h2-8H,1H3,(H,15,16,18,19)/b7-4+. The van der Waals surface area contributed by atoms with Gasteiger partial charge in [-0.2, -0.15) is 0 Å². The second-order valence-electron chi connectivity index (χ2n) is 3.75. The molecule has 1 aromatic carbocycles. The molecule has 0 saturated heterocycles.